The van der Waals surface area contributed by atoms with Crippen LogP contribution in [-0.4, -0.2) is 10.9 Å². The number of benzene rings is 1. The van der Waals surface area contributed by atoms with E-state index in [-0.39, 0.29) is 11.5 Å². The van der Waals surface area contributed by atoms with E-state index in [4.69, 9.17) is 4.42 Å². The van der Waals surface area contributed by atoms with Crippen molar-refractivity contribution in [2.75, 3.05) is 5.32 Å². The van der Waals surface area contributed by atoms with Crippen molar-refractivity contribution in [3.8, 4) is 11.3 Å². The van der Waals surface area contributed by atoms with Crippen LogP contribution in [0.1, 0.15) is 36.4 Å². The molecule has 3 rings (SSSR count). The number of aromatic nitrogens is 1. The maximum absolute atomic E-state index is 11.9. The van der Waals surface area contributed by atoms with Crippen molar-refractivity contribution in [2.24, 2.45) is 0 Å². The molecule has 0 radical (unpaired) electrons. The van der Waals surface area contributed by atoms with Crippen molar-refractivity contribution in [1.29, 1.82) is 0 Å². The van der Waals surface area contributed by atoms with E-state index in [9.17, 15) is 9.59 Å². The fourth-order valence-electron chi connectivity index (χ4n) is 3.04. The molecule has 3 N–H and O–H groups in total. The Balaban J connectivity index is 1.61. The molecule has 0 bridgehead atoms. The lowest BCUT2D eigenvalue weighted by Gasteiger charge is -2.06. The SMILES string of the molecule is CCc1cc(-c2ccc(CNCc3ccc(NC(C)=O)cc3)o2)c(C)[nH]c1=O. The lowest BCUT2D eigenvalue weighted by atomic mass is 10.1. The van der Waals surface area contributed by atoms with Gasteiger partial charge in [-0.25, -0.2) is 0 Å². The van der Waals surface area contributed by atoms with Crippen molar-refractivity contribution in [3.63, 3.8) is 0 Å². The van der Waals surface area contributed by atoms with Crippen molar-refractivity contribution < 1.29 is 9.21 Å². The number of nitrogens with one attached hydrogen (secondary N) is 3. The number of aromatic amines is 1. The summed E-state index contributed by atoms with van der Waals surface area (Å²) in [5.41, 5.74) is 4.33. The summed E-state index contributed by atoms with van der Waals surface area (Å²) in [7, 11) is 0. The van der Waals surface area contributed by atoms with Gasteiger partial charge < -0.3 is 20.0 Å². The normalized spacial score (nSPS) is 10.8. The number of hydrogen-bond acceptors (Lipinski definition) is 4. The Labute approximate surface area is 164 Å². The second-order valence-corrected chi connectivity index (χ2v) is 6.76. The molecule has 0 saturated heterocycles. The summed E-state index contributed by atoms with van der Waals surface area (Å²) in [5, 5.41) is 6.10. The fourth-order valence-corrected chi connectivity index (χ4v) is 3.04. The monoisotopic (exact) mass is 379 g/mol. The molecular formula is C22H25N3O3. The molecule has 28 heavy (non-hydrogen) atoms. The summed E-state index contributed by atoms with van der Waals surface area (Å²) in [5.74, 6) is 1.50. The zero-order valence-corrected chi connectivity index (χ0v) is 16.4. The highest BCUT2D eigenvalue weighted by Crippen LogP contribution is 2.24. The number of aryl methyl sites for hydroxylation is 2. The minimum atomic E-state index is -0.0803. The van der Waals surface area contributed by atoms with Crippen molar-refractivity contribution in [2.45, 2.75) is 40.3 Å². The first-order chi connectivity index (χ1) is 13.5. The molecule has 0 fully saturated rings. The third kappa shape index (κ3) is 4.78. The van der Waals surface area contributed by atoms with Gasteiger partial charge in [0.15, 0.2) is 0 Å². The molecule has 6 nitrogen and oxygen atoms in total. The molecule has 146 valence electrons. The minimum absolute atomic E-state index is 0.0401. The lowest BCUT2D eigenvalue weighted by molar-refractivity contribution is -0.114. The number of anilines is 1. The maximum atomic E-state index is 11.9. The van der Waals surface area contributed by atoms with E-state index in [1.54, 1.807) is 0 Å². The molecule has 0 aliphatic carbocycles. The van der Waals surface area contributed by atoms with Gasteiger partial charge in [0.2, 0.25) is 5.91 Å². The highest BCUT2D eigenvalue weighted by molar-refractivity contribution is 5.88. The zero-order chi connectivity index (χ0) is 20.1. The first-order valence-electron chi connectivity index (χ1n) is 9.35. The second kappa shape index (κ2) is 8.71. The highest BCUT2D eigenvalue weighted by atomic mass is 16.3. The van der Waals surface area contributed by atoms with E-state index in [0.717, 1.165) is 39.6 Å². The first kappa shape index (κ1) is 19.6. The molecule has 0 aliphatic heterocycles. The second-order valence-electron chi connectivity index (χ2n) is 6.76. The molecule has 1 aromatic carbocycles. The van der Waals surface area contributed by atoms with E-state index in [1.807, 2.05) is 56.3 Å². The quantitative estimate of drug-likeness (QED) is 0.583. The van der Waals surface area contributed by atoms with Gasteiger partial charge in [-0.2, -0.15) is 0 Å². The molecular weight excluding hydrogens is 354 g/mol. The van der Waals surface area contributed by atoms with Gasteiger partial charge in [-0.3, -0.25) is 9.59 Å². The van der Waals surface area contributed by atoms with Gasteiger partial charge in [-0.15, -0.1) is 0 Å². The van der Waals surface area contributed by atoms with Crippen LogP contribution in [0.5, 0.6) is 0 Å². The van der Waals surface area contributed by atoms with Crippen LogP contribution in [0.15, 0.2) is 51.7 Å². The number of pyridine rings is 1. The van der Waals surface area contributed by atoms with Crippen LogP contribution in [0, 0.1) is 6.92 Å². The maximum Gasteiger partial charge on any atom is 0.251 e. The molecule has 0 aliphatic rings. The van der Waals surface area contributed by atoms with E-state index in [2.05, 4.69) is 15.6 Å². The smallest absolute Gasteiger partial charge is 0.251 e. The number of H-pyrrole nitrogens is 1. The van der Waals surface area contributed by atoms with Crippen LogP contribution in [0.25, 0.3) is 11.3 Å². The number of carbonyl (C=O) groups is 1. The molecule has 6 heteroatoms. The van der Waals surface area contributed by atoms with E-state index < -0.39 is 0 Å². The standard InChI is InChI=1S/C22H25N3O3/c1-4-17-11-20(14(2)24-22(17)27)21-10-9-19(28-21)13-23-12-16-5-7-18(8-6-16)25-15(3)26/h5-11,23H,4,12-13H2,1-3H3,(H,24,27)(H,25,26). The van der Waals surface area contributed by atoms with Crippen LogP contribution in [-0.2, 0) is 24.3 Å². The van der Waals surface area contributed by atoms with E-state index in [0.29, 0.717) is 19.5 Å². The summed E-state index contributed by atoms with van der Waals surface area (Å²) in [6.45, 7) is 6.61. The van der Waals surface area contributed by atoms with Crippen LogP contribution >= 0.6 is 0 Å². The number of rotatable bonds is 7. The minimum Gasteiger partial charge on any atom is -0.460 e. The number of carbonyl (C=O) groups excluding carboxylic acids is 1. The third-order valence-corrected chi connectivity index (χ3v) is 4.53. The summed E-state index contributed by atoms with van der Waals surface area (Å²) in [6, 6.07) is 13.5. The molecule has 0 saturated carbocycles. The van der Waals surface area contributed by atoms with Crippen LogP contribution < -0.4 is 16.2 Å². The molecule has 0 unspecified atom stereocenters. The van der Waals surface area contributed by atoms with Gasteiger partial charge in [-0.1, -0.05) is 19.1 Å². The molecule has 2 aromatic heterocycles. The predicted molar refractivity (Wildman–Crippen MR) is 110 cm³/mol. The molecule has 0 spiro atoms. The molecule has 2 heterocycles. The zero-order valence-electron chi connectivity index (χ0n) is 16.4. The number of furan rings is 1. The van der Waals surface area contributed by atoms with Crippen LogP contribution in [0.2, 0.25) is 0 Å². The Bertz CT molecular complexity index is 1020. The highest BCUT2D eigenvalue weighted by Gasteiger charge is 2.11. The van der Waals surface area contributed by atoms with Gasteiger partial charge in [0.25, 0.3) is 5.56 Å². The lowest BCUT2D eigenvalue weighted by Crippen LogP contribution is -2.13. The number of amides is 1. The van der Waals surface area contributed by atoms with E-state index in [1.165, 1.54) is 6.92 Å². The summed E-state index contributed by atoms with van der Waals surface area (Å²) in [4.78, 5) is 25.8. The Morgan fingerprint density at radius 1 is 1.11 bits per heavy atom. The molecule has 3 aromatic rings. The Morgan fingerprint density at radius 3 is 2.54 bits per heavy atom. The summed E-state index contributed by atoms with van der Waals surface area (Å²) < 4.78 is 5.96. The predicted octanol–water partition coefficient (Wildman–Crippen LogP) is 3.75. The van der Waals surface area contributed by atoms with E-state index >= 15 is 0 Å². The molecule has 0 atom stereocenters. The Hall–Kier alpha value is -3.12. The average molecular weight is 379 g/mol. The van der Waals surface area contributed by atoms with Gasteiger partial charge in [0.1, 0.15) is 11.5 Å². The van der Waals surface area contributed by atoms with Crippen molar-refractivity contribution in [3.05, 3.63) is 75.4 Å². The Morgan fingerprint density at radius 2 is 1.86 bits per heavy atom. The first-order valence-corrected chi connectivity index (χ1v) is 9.35. The van der Waals surface area contributed by atoms with Gasteiger partial charge in [-0.05, 0) is 49.2 Å². The van der Waals surface area contributed by atoms with Crippen LogP contribution in [0.4, 0.5) is 5.69 Å². The topological polar surface area (TPSA) is 87.1 Å². The van der Waals surface area contributed by atoms with Crippen LogP contribution in [0.3, 0.4) is 0 Å². The van der Waals surface area contributed by atoms with Gasteiger partial charge in [0, 0.05) is 36.0 Å². The van der Waals surface area contributed by atoms with Crippen molar-refractivity contribution in [1.82, 2.24) is 10.3 Å². The van der Waals surface area contributed by atoms with Gasteiger partial charge in [0.05, 0.1) is 6.54 Å². The summed E-state index contributed by atoms with van der Waals surface area (Å²) >= 11 is 0. The fraction of sp³-hybridized carbons (Fsp3) is 0.273. The average Bonchev–Trinajstić information content (AvgIpc) is 3.11. The summed E-state index contributed by atoms with van der Waals surface area (Å²) in [6.07, 6.45) is 0.679. The van der Waals surface area contributed by atoms with Crippen molar-refractivity contribution >= 4 is 11.6 Å². The Kier molecular flexibility index (Phi) is 6.11. The molecule has 1 amide bonds. The largest absolute Gasteiger partial charge is 0.460 e. The third-order valence-electron chi connectivity index (χ3n) is 4.53. The number of hydrogen-bond donors (Lipinski definition) is 3. The van der Waals surface area contributed by atoms with Gasteiger partial charge >= 0.3 is 0 Å².